The smallest absolute Gasteiger partial charge is 0.162 e. The Bertz CT molecular complexity index is 590. The lowest BCUT2D eigenvalue weighted by atomic mass is 10.2. The minimum Gasteiger partial charge on any atom is -0.504 e. The summed E-state index contributed by atoms with van der Waals surface area (Å²) < 4.78 is 5.99. The lowest BCUT2D eigenvalue weighted by Crippen LogP contribution is -2.01. The van der Waals surface area contributed by atoms with E-state index in [1.165, 1.54) is 7.11 Å². The lowest BCUT2D eigenvalue weighted by Gasteiger charge is -2.11. The Kier molecular flexibility index (Phi) is 4.56. The molecule has 2 aromatic carbocycles. The number of anilines is 1. The largest absolute Gasteiger partial charge is 0.504 e. The summed E-state index contributed by atoms with van der Waals surface area (Å²) in [4.78, 5) is 0. The first-order chi connectivity index (χ1) is 9.11. The molecule has 0 aromatic heterocycles. The molecule has 100 valence electrons. The molecule has 0 spiro atoms. The molecular weight excluding hydrogens is 330 g/mol. The van der Waals surface area contributed by atoms with Gasteiger partial charge < -0.3 is 15.2 Å². The van der Waals surface area contributed by atoms with Gasteiger partial charge in [0, 0.05) is 16.6 Å². The molecule has 0 atom stereocenters. The number of phenols is 1. The van der Waals surface area contributed by atoms with Gasteiger partial charge in [-0.1, -0.05) is 39.7 Å². The van der Waals surface area contributed by atoms with Crippen molar-refractivity contribution in [2.24, 2.45) is 0 Å². The minimum absolute atomic E-state index is 0.144. The molecule has 0 amide bonds. The van der Waals surface area contributed by atoms with Crippen molar-refractivity contribution in [3.05, 3.63) is 51.5 Å². The molecule has 2 N–H and O–H groups in total. The summed E-state index contributed by atoms with van der Waals surface area (Å²) in [5, 5.41) is 13.8. The van der Waals surface area contributed by atoms with E-state index < -0.39 is 0 Å². The van der Waals surface area contributed by atoms with Crippen LogP contribution in [0.15, 0.2) is 40.9 Å². The molecule has 0 heterocycles. The second kappa shape index (κ2) is 6.17. The van der Waals surface area contributed by atoms with Crippen molar-refractivity contribution in [3.63, 3.8) is 0 Å². The molecule has 0 aliphatic rings. The van der Waals surface area contributed by atoms with Crippen LogP contribution in [0.4, 0.5) is 5.69 Å². The number of methoxy groups -OCH3 is 1. The number of halogens is 2. The van der Waals surface area contributed by atoms with E-state index >= 15 is 0 Å². The third-order valence-corrected chi connectivity index (χ3v) is 3.51. The fourth-order valence-electron chi connectivity index (χ4n) is 1.70. The molecule has 0 radical (unpaired) electrons. The molecule has 0 bridgehead atoms. The number of hydrogen-bond acceptors (Lipinski definition) is 3. The second-order valence-electron chi connectivity index (χ2n) is 3.95. The zero-order valence-corrected chi connectivity index (χ0v) is 12.6. The number of para-hydroxylation sites is 1. The second-order valence-corrected chi connectivity index (χ2v) is 5.27. The van der Waals surface area contributed by atoms with Gasteiger partial charge in [0.2, 0.25) is 0 Å². The molecule has 0 saturated heterocycles. The highest BCUT2D eigenvalue weighted by atomic mass is 79.9. The number of benzene rings is 2. The van der Waals surface area contributed by atoms with Gasteiger partial charge in [-0.3, -0.25) is 0 Å². The molecule has 0 unspecified atom stereocenters. The maximum atomic E-state index is 9.97. The van der Waals surface area contributed by atoms with E-state index in [0.717, 1.165) is 15.7 Å². The zero-order chi connectivity index (χ0) is 13.8. The number of rotatable bonds is 4. The third kappa shape index (κ3) is 3.33. The highest BCUT2D eigenvalue weighted by Crippen LogP contribution is 2.31. The van der Waals surface area contributed by atoms with Crippen LogP contribution in [0.2, 0.25) is 5.02 Å². The van der Waals surface area contributed by atoms with Crippen molar-refractivity contribution < 1.29 is 9.84 Å². The topological polar surface area (TPSA) is 41.5 Å². The molecule has 2 aromatic rings. The maximum Gasteiger partial charge on any atom is 0.162 e. The van der Waals surface area contributed by atoms with E-state index in [1.807, 2.05) is 30.3 Å². The summed E-state index contributed by atoms with van der Waals surface area (Å²) >= 11 is 9.47. The fraction of sp³-hybridized carbons (Fsp3) is 0.143. The van der Waals surface area contributed by atoms with Gasteiger partial charge in [-0.25, -0.2) is 0 Å². The summed E-state index contributed by atoms with van der Waals surface area (Å²) in [7, 11) is 1.53. The van der Waals surface area contributed by atoms with Crippen LogP contribution in [0.25, 0.3) is 0 Å². The Labute approximate surface area is 125 Å². The monoisotopic (exact) mass is 341 g/mol. The van der Waals surface area contributed by atoms with Crippen molar-refractivity contribution in [2.75, 3.05) is 12.4 Å². The number of hydrogen-bond donors (Lipinski definition) is 2. The van der Waals surface area contributed by atoms with E-state index in [4.69, 9.17) is 16.3 Å². The van der Waals surface area contributed by atoms with Crippen LogP contribution in [0.1, 0.15) is 5.56 Å². The van der Waals surface area contributed by atoms with Crippen LogP contribution in [0.5, 0.6) is 11.5 Å². The van der Waals surface area contributed by atoms with Crippen LogP contribution in [-0.2, 0) is 6.54 Å². The van der Waals surface area contributed by atoms with Gasteiger partial charge in [-0.05, 0) is 24.3 Å². The Morgan fingerprint density at radius 2 is 2.11 bits per heavy atom. The summed E-state index contributed by atoms with van der Waals surface area (Å²) in [5.74, 6) is 0.604. The van der Waals surface area contributed by atoms with Gasteiger partial charge in [0.15, 0.2) is 11.5 Å². The molecule has 5 heteroatoms. The van der Waals surface area contributed by atoms with Gasteiger partial charge in [0.1, 0.15) is 0 Å². The van der Waals surface area contributed by atoms with Gasteiger partial charge in [0.25, 0.3) is 0 Å². The average molecular weight is 343 g/mol. The standard InChI is InChI=1S/C14H13BrClNO2/c1-19-13-4-2-3-9(14(13)18)8-17-12-6-5-10(15)7-11(12)16/h2-7,17-18H,8H2,1H3. The van der Waals surface area contributed by atoms with Gasteiger partial charge >= 0.3 is 0 Å². The zero-order valence-electron chi connectivity index (χ0n) is 10.3. The van der Waals surface area contributed by atoms with Crippen LogP contribution in [-0.4, -0.2) is 12.2 Å². The summed E-state index contributed by atoms with van der Waals surface area (Å²) in [6.45, 7) is 0.463. The first-order valence-electron chi connectivity index (χ1n) is 5.65. The number of nitrogens with one attached hydrogen (secondary N) is 1. The van der Waals surface area contributed by atoms with E-state index in [-0.39, 0.29) is 5.75 Å². The minimum atomic E-state index is 0.144. The number of ether oxygens (including phenoxy) is 1. The molecule has 0 aliphatic heterocycles. The van der Waals surface area contributed by atoms with Gasteiger partial charge in [-0.15, -0.1) is 0 Å². The SMILES string of the molecule is COc1cccc(CNc2ccc(Br)cc2Cl)c1O. The van der Waals surface area contributed by atoms with Gasteiger partial charge in [-0.2, -0.15) is 0 Å². The first-order valence-corrected chi connectivity index (χ1v) is 6.82. The first kappa shape index (κ1) is 14.0. The van der Waals surface area contributed by atoms with Crippen LogP contribution < -0.4 is 10.1 Å². The number of phenolic OH excluding ortho intramolecular Hbond substituents is 1. The van der Waals surface area contributed by atoms with E-state index in [2.05, 4.69) is 21.2 Å². The van der Waals surface area contributed by atoms with Crippen LogP contribution in [0, 0.1) is 0 Å². The molecule has 0 fully saturated rings. The fourth-order valence-corrected chi connectivity index (χ4v) is 2.44. The Morgan fingerprint density at radius 1 is 1.32 bits per heavy atom. The lowest BCUT2D eigenvalue weighted by molar-refractivity contribution is 0.371. The average Bonchev–Trinajstić information content (AvgIpc) is 2.39. The van der Waals surface area contributed by atoms with Crippen molar-refractivity contribution in [1.82, 2.24) is 0 Å². The predicted octanol–water partition coefficient (Wildman–Crippen LogP) is 4.43. The van der Waals surface area contributed by atoms with Gasteiger partial charge in [0.05, 0.1) is 17.8 Å². The number of aromatic hydroxyl groups is 1. The molecule has 0 aliphatic carbocycles. The van der Waals surface area contributed by atoms with Crippen molar-refractivity contribution >= 4 is 33.2 Å². The molecule has 19 heavy (non-hydrogen) atoms. The summed E-state index contributed by atoms with van der Waals surface area (Å²) in [5.41, 5.74) is 1.56. The van der Waals surface area contributed by atoms with Crippen molar-refractivity contribution in [2.45, 2.75) is 6.54 Å². The van der Waals surface area contributed by atoms with E-state index in [0.29, 0.717) is 17.3 Å². The van der Waals surface area contributed by atoms with Crippen LogP contribution in [0.3, 0.4) is 0 Å². The van der Waals surface area contributed by atoms with E-state index in [9.17, 15) is 5.11 Å². The Morgan fingerprint density at radius 3 is 2.79 bits per heavy atom. The summed E-state index contributed by atoms with van der Waals surface area (Å²) in [6, 6.07) is 11.0. The maximum absolute atomic E-state index is 9.97. The van der Waals surface area contributed by atoms with Crippen molar-refractivity contribution in [3.8, 4) is 11.5 Å². The third-order valence-electron chi connectivity index (χ3n) is 2.70. The highest BCUT2D eigenvalue weighted by Gasteiger charge is 2.07. The molecule has 0 saturated carbocycles. The Hall–Kier alpha value is -1.39. The molecular formula is C14H13BrClNO2. The molecule has 2 rings (SSSR count). The summed E-state index contributed by atoms with van der Waals surface area (Å²) in [6.07, 6.45) is 0. The normalized spacial score (nSPS) is 10.3. The predicted molar refractivity (Wildman–Crippen MR) is 81.1 cm³/mol. The van der Waals surface area contributed by atoms with E-state index in [1.54, 1.807) is 6.07 Å². The molecule has 3 nitrogen and oxygen atoms in total. The quantitative estimate of drug-likeness (QED) is 0.863. The Balaban J connectivity index is 2.14. The van der Waals surface area contributed by atoms with Crippen LogP contribution >= 0.6 is 27.5 Å². The highest BCUT2D eigenvalue weighted by molar-refractivity contribution is 9.10. The van der Waals surface area contributed by atoms with Crippen molar-refractivity contribution in [1.29, 1.82) is 0 Å².